The maximum Gasteiger partial charge on any atom is 0.405 e. The summed E-state index contributed by atoms with van der Waals surface area (Å²) in [6.45, 7) is 3.70. The number of primary amides is 1. The second-order valence-electron chi connectivity index (χ2n) is 3.98. The van der Waals surface area contributed by atoms with E-state index in [1.54, 1.807) is 12.3 Å². The summed E-state index contributed by atoms with van der Waals surface area (Å²) in [6.07, 6.45) is 0.672. The molecule has 0 spiro atoms. The average Bonchev–Trinajstić information content (AvgIpc) is 2.85. The molecule has 0 aliphatic heterocycles. The molecule has 100 valence electrons. The minimum Gasteiger partial charge on any atom is -0.436 e. The van der Waals surface area contributed by atoms with Crippen LogP contribution in [0.15, 0.2) is 22.9 Å². The number of hydrogen-bond acceptors (Lipinski definition) is 6. The summed E-state index contributed by atoms with van der Waals surface area (Å²) in [6, 6.07) is 3.61. The second kappa shape index (κ2) is 5.47. The first-order valence-corrected chi connectivity index (χ1v) is 5.83. The molecular formula is C12H14N4O3. The Kier molecular flexibility index (Phi) is 3.74. The summed E-state index contributed by atoms with van der Waals surface area (Å²) >= 11 is 0. The third kappa shape index (κ3) is 3.06. The van der Waals surface area contributed by atoms with Crippen molar-refractivity contribution in [2.45, 2.75) is 26.4 Å². The highest BCUT2D eigenvalue weighted by atomic mass is 16.6. The molecule has 0 saturated carbocycles. The van der Waals surface area contributed by atoms with Crippen molar-refractivity contribution >= 4 is 6.09 Å². The molecule has 0 aliphatic rings. The van der Waals surface area contributed by atoms with Crippen molar-refractivity contribution < 1.29 is 14.1 Å². The maximum atomic E-state index is 10.8. The van der Waals surface area contributed by atoms with Gasteiger partial charge in [0.15, 0.2) is 6.10 Å². The van der Waals surface area contributed by atoms with Crippen LogP contribution in [0.4, 0.5) is 4.79 Å². The van der Waals surface area contributed by atoms with Crippen LogP contribution in [-0.4, -0.2) is 21.2 Å². The van der Waals surface area contributed by atoms with Crippen LogP contribution >= 0.6 is 0 Å². The molecular weight excluding hydrogens is 248 g/mol. The van der Waals surface area contributed by atoms with Crippen LogP contribution in [0.1, 0.15) is 31.0 Å². The number of carbonyl (C=O) groups excluding carboxylic acids is 1. The zero-order valence-electron chi connectivity index (χ0n) is 10.7. The minimum atomic E-state index is -0.869. The smallest absolute Gasteiger partial charge is 0.405 e. The molecule has 0 saturated heterocycles. The monoisotopic (exact) mass is 262 g/mol. The zero-order valence-corrected chi connectivity index (χ0v) is 10.7. The Morgan fingerprint density at radius 2 is 2.37 bits per heavy atom. The molecule has 1 atom stereocenters. The van der Waals surface area contributed by atoms with Crippen LogP contribution in [0.2, 0.25) is 0 Å². The average molecular weight is 262 g/mol. The number of nitrogens with zero attached hydrogens (tertiary/aromatic N) is 3. The second-order valence-corrected chi connectivity index (χ2v) is 3.98. The van der Waals surface area contributed by atoms with Crippen LogP contribution in [0.3, 0.4) is 0 Å². The molecule has 7 heteroatoms. The lowest BCUT2D eigenvalue weighted by molar-refractivity contribution is 0.0825. The summed E-state index contributed by atoms with van der Waals surface area (Å²) in [4.78, 5) is 19.1. The third-order valence-electron chi connectivity index (χ3n) is 2.50. The summed E-state index contributed by atoms with van der Waals surface area (Å²) in [5.74, 6) is 0.651. The SMILES string of the molecule is CCC(OC(N)=O)c1nc(-c2ccnc(C)c2)no1. The van der Waals surface area contributed by atoms with Gasteiger partial charge >= 0.3 is 6.09 Å². The van der Waals surface area contributed by atoms with Crippen molar-refractivity contribution in [3.8, 4) is 11.4 Å². The molecule has 2 rings (SSSR count). The number of ether oxygens (including phenoxy) is 1. The number of carbonyl (C=O) groups is 1. The Morgan fingerprint density at radius 1 is 1.58 bits per heavy atom. The van der Waals surface area contributed by atoms with Gasteiger partial charge in [0.25, 0.3) is 5.89 Å². The zero-order chi connectivity index (χ0) is 13.8. The van der Waals surface area contributed by atoms with E-state index in [1.807, 2.05) is 19.9 Å². The predicted octanol–water partition coefficient (Wildman–Crippen LogP) is 1.99. The van der Waals surface area contributed by atoms with Gasteiger partial charge in [-0.2, -0.15) is 4.98 Å². The van der Waals surface area contributed by atoms with Crippen LogP contribution in [0.5, 0.6) is 0 Å². The third-order valence-corrected chi connectivity index (χ3v) is 2.50. The molecule has 1 amide bonds. The quantitative estimate of drug-likeness (QED) is 0.903. The van der Waals surface area contributed by atoms with Crippen LogP contribution in [0, 0.1) is 6.92 Å². The summed E-state index contributed by atoms with van der Waals surface area (Å²) < 4.78 is 9.99. The molecule has 7 nitrogen and oxygen atoms in total. The number of rotatable bonds is 4. The molecule has 0 aliphatic carbocycles. The summed E-state index contributed by atoms with van der Waals surface area (Å²) in [5, 5.41) is 3.86. The Balaban J connectivity index is 2.25. The normalized spacial score (nSPS) is 12.1. The van der Waals surface area contributed by atoms with E-state index >= 15 is 0 Å². The van der Waals surface area contributed by atoms with E-state index in [4.69, 9.17) is 15.0 Å². The van der Waals surface area contributed by atoms with E-state index in [1.165, 1.54) is 0 Å². The lowest BCUT2D eigenvalue weighted by atomic mass is 10.2. The first-order chi connectivity index (χ1) is 9.10. The van der Waals surface area contributed by atoms with Crippen molar-refractivity contribution in [2.24, 2.45) is 5.73 Å². The Hall–Kier alpha value is -2.44. The fraction of sp³-hybridized carbons (Fsp3) is 0.333. The van der Waals surface area contributed by atoms with Gasteiger partial charge in [-0.1, -0.05) is 12.1 Å². The number of pyridine rings is 1. The van der Waals surface area contributed by atoms with Gasteiger partial charge in [-0.15, -0.1) is 0 Å². The van der Waals surface area contributed by atoms with Gasteiger partial charge < -0.3 is 15.0 Å². The van der Waals surface area contributed by atoms with Crippen molar-refractivity contribution in [1.82, 2.24) is 15.1 Å². The lowest BCUT2D eigenvalue weighted by Crippen LogP contribution is -2.17. The van der Waals surface area contributed by atoms with Gasteiger partial charge in [0.05, 0.1) is 0 Å². The Labute approximate surface area is 109 Å². The van der Waals surface area contributed by atoms with Crippen LogP contribution < -0.4 is 5.73 Å². The maximum absolute atomic E-state index is 10.8. The van der Waals surface area contributed by atoms with Crippen molar-refractivity contribution in [2.75, 3.05) is 0 Å². The van der Waals surface area contributed by atoms with Gasteiger partial charge in [-0.25, -0.2) is 4.79 Å². The van der Waals surface area contributed by atoms with E-state index in [2.05, 4.69) is 15.1 Å². The first kappa shape index (κ1) is 13.0. The fourth-order valence-electron chi connectivity index (χ4n) is 1.62. The van der Waals surface area contributed by atoms with Gasteiger partial charge in [0.1, 0.15) is 0 Å². The summed E-state index contributed by atoms with van der Waals surface area (Å²) in [7, 11) is 0. The van der Waals surface area contributed by atoms with Gasteiger partial charge in [0.2, 0.25) is 5.82 Å². The molecule has 2 N–H and O–H groups in total. The Bertz CT molecular complexity index is 582. The summed E-state index contributed by atoms with van der Waals surface area (Å²) in [5.41, 5.74) is 6.62. The van der Waals surface area contributed by atoms with Gasteiger partial charge in [-0.05, 0) is 25.5 Å². The number of hydrogen-bond donors (Lipinski definition) is 1. The predicted molar refractivity (Wildman–Crippen MR) is 66.0 cm³/mol. The topological polar surface area (TPSA) is 104 Å². The van der Waals surface area contributed by atoms with Gasteiger partial charge in [-0.3, -0.25) is 4.98 Å². The van der Waals surface area contributed by atoms with E-state index < -0.39 is 12.2 Å². The largest absolute Gasteiger partial charge is 0.436 e. The van der Waals surface area contributed by atoms with Crippen LogP contribution in [0.25, 0.3) is 11.4 Å². The van der Waals surface area contributed by atoms with E-state index in [9.17, 15) is 4.79 Å². The fourth-order valence-corrected chi connectivity index (χ4v) is 1.62. The van der Waals surface area contributed by atoms with E-state index in [-0.39, 0.29) is 5.89 Å². The number of aromatic nitrogens is 3. The highest BCUT2D eigenvalue weighted by Gasteiger charge is 2.21. The van der Waals surface area contributed by atoms with E-state index in [0.29, 0.717) is 12.2 Å². The number of nitrogens with two attached hydrogens (primary N) is 1. The molecule has 19 heavy (non-hydrogen) atoms. The van der Waals surface area contributed by atoms with Crippen molar-refractivity contribution in [1.29, 1.82) is 0 Å². The van der Waals surface area contributed by atoms with Gasteiger partial charge in [0, 0.05) is 17.5 Å². The molecule has 2 aromatic rings. The number of amides is 1. The lowest BCUT2D eigenvalue weighted by Gasteiger charge is -2.08. The molecule has 0 aromatic carbocycles. The molecule has 2 aromatic heterocycles. The molecule has 1 unspecified atom stereocenters. The molecule has 0 radical (unpaired) electrons. The Morgan fingerprint density at radius 3 is 3.00 bits per heavy atom. The van der Waals surface area contributed by atoms with Crippen molar-refractivity contribution in [3.63, 3.8) is 0 Å². The molecule has 2 heterocycles. The van der Waals surface area contributed by atoms with Crippen molar-refractivity contribution in [3.05, 3.63) is 29.9 Å². The van der Waals surface area contributed by atoms with Crippen LogP contribution in [-0.2, 0) is 4.74 Å². The number of aryl methyl sites for hydroxylation is 1. The molecule has 0 bridgehead atoms. The first-order valence-electron chi connectivity index (χ1n) is 5.83. The molecule has 0 fully saturated rings. The highest BCUT2D eigenvalue weighted by Crippen LogP contribution is 2.22. The van der Waals surface area contributed by atoms with E-state index in [0.717, 1.165) is 11.3 Å². The minimum absolute atomic E-state index is 0.228. The highest BCUT2D eigenvalue weighted by molar-refractivity contribution is 5.64. The standard InChI is InChI=1S/C12H14N4O3/c1-3-9(18-12(13)17)11-15-10(16-19-11)8-4-5-14-7(2)6-8/h4-6,9H,3H2,1-2H3,(H2,13,17).